The van der Waals surface area contributed by atoms with E-state index in [0.717, 1.165) is 37.1 Å². The van der Waals surface area contributed by atoms with Crippen molar-refractivity contribution in [2.45, 2.75) is 32.2 Å². The van der Waals surface area contributed by atoms with Crippen molar-refractivity contribution in [3.05, 3.63) is 12.2 Å². The van der Waals surface area contributed by atoms with Gasteiger partial charge in [0, 0.05) is 12.3 Å². The van der Waals surface area contributed by atoms with Crippen molar-refractivity contribution < 1.29 is 9.59 Å². The van der Waals surface area contributed by atoms with E-state index in [2.05, 4.69) is 17.2 Å². The minimum atomic E-state index is -0.351. The molecular weight excluding hydrogens is 236 g/mol. The largest absolute Gasteiger partial charge is 0.354 e. The van der Waals surface area contributed by atoms with Crippen LogP contribution in [0, 0.1) is 0 Å². The number of hydrogen-bond donors (Lipinski definition) is 2. The molecule has 1 heterocycles. The highest BCUT2D eigenvalue weighted by molar-refractivity contribution is 8.00. The highest BCUT2D eigenvalue weighted by Crippen LogP contribution is 2.07. The quantitative estimate of drug-likeness (QED) is 0.724. The fourth-order valence-electron chi connectivity index (χ4n) is 1.63. The molecule has 1 aliphatic rings. The van der Waals surface area contributed by atoms with Crippen LogP contribution in [0.4, 0.5) is 0 Å². The predicted octanol–water partition coefficient (Wildman–Crippen LogP) is 1.08. The maximum atomic E-state index is 11.6. The molecule has 17 heavy (non-hydrogen) atoms. The molecule has 0 unspecified atom stereocenters. The summed E-state index contributed by atoms with van der Waals surface area (Å²) in [6.07, 6.45) is 2.70. The topological polar surface area (TPSA) is 58.2 Å². The van der Waals surface area contributed by atoms with Crippen LogP contribution in [-0.2, 0) is 9.59 Å². The second-order valence-electron chi connectivity index (χ2n) is 4.36. The number of nitrogens with one attached hydrogen (secondary N) is 2. The van der Waals surface area contributed by atoms with Crippen molar-refractivity contribution in [3.8, 4) is 0 Å². The van der Waals surface area contributed by atoms with Crippen LogP contribution in [0.25, 0.3) is 0 Å². The highest BCUT2D eigenvalue weighted by Gasteiger charge is 2.21. The fourth-order valence-corrected chi connectivity index (χ4v) is 2.35. The minimum Gasteiger partial charge on any atom is -0.354 e. The van der Waals surface area contributed by atoms with E-state index in [-0.39, 0.29) is 17.9 Å². The van der Waals surface area contributed by atoms with E-state index in [1.807, 2.05) is 6.92 Å². The van der Waals surface area contributed by atoms with E-state index in [9.17, 15) is 9.59 Å². The molecular formula is C12H20N2O2S. The van der Waals surface area contributed by atoms with Gasteiger partial charge in [-0.25, -0.2) is 0 Å². The second-order valence-corrected chi connectivity index (χ2v) is 5.34. The van der Waals surface area contributed by atoms with Gasteiger partial charge in [0.2, 0.25) is 11.8 Å². The van der Waals surface area contributed by atoms with Gasteiger partial charge in [-0.05, 0) is 26.2 Å². The lowest BCUT2D eigenvalue weighted by Gasteiger charge is -2.14. The van der Waals surface area contributed by atoms with E-state index in [0.29, 0.717) is 5.75 Å². The zero-order valence-corrected chi connectivity index (χ0v) is 11.1. The van der Waals surface area contributed by atoms with Gasteiger partial charge in [0.15, 0.2) is 0 Å². The lowest BCUT2D eigenvalue weighted by Crippen LogP contribution is -2.46. The van der Waals surface area contributed by atoms with Gasteiger partial charge in [-0.3, -0.25) is 9.59 Å². The van der Waals surface area contributed by atoms with Crippen LogP contribution in [-0.4, -0.2) is 35.9 Å². The van der Waals surface area contributed by atoms with Gasteiger partial charge in [0.1, 0.15) is 6.04 Å². The van der Waals surface area contributed by atoms with Crippen molar-refractivity contribution in [3.63, 3.8) is 0 Å². The molecule has 0 aromatic heterocycles. The number of amides is 2. The molecule has 1 rings (SSSR count). The van der Waals surface area contributed by atoms with Crippen LogP contribution in [0.3, 0.4) is 0 Å². The molecule has 1 fully saturated rings. The lowest BCUT2D eigenvalue weighted by molar-refractivity contribution is -0.127. The Morgan fingerprint density at radius 2 is 2.29 bits per heavy atom. The van der Waals surface area contributed by atoms with E-state index in [1.54, 1.807) is 0 Å². The van der Waals surface area contributed by atoms with Crippen LogP contribution in [0.5, 0.6) is 0 Å². The molecule has 4 nitrogen and oxygen atoms in total. The summed E-state index contributed by atoms with van der Waals surface area (Å²) in [7, 11) is 0. The summed E-state index contributed by atoms with van der Waals surface area (Å²) in [5.41, 5.74) is 1.05. The van der Waals surface area contributed by atoms with Gasteiger partial charge in [-0.15, -0.1) is 11.8 Å². The first-order valence-electron chi connectivity index (χ1n) is 5.89. The molecule has 0 radical (unpaired) electrons. The maximum absolute atomic E-state index is 11.6. The van der Waals surface area contributed by atoms with E-state index in [4.69, 9.17) is 0 Å². The maximum Gasteiger partial charge on any atom is 0.242 e. The third-order valence-electron chi connectivity index (χ3n) is 2.45. The number of carbonyl (C=O) groups excluding carboxylic acids is 2. The monoisotopic (exact) mass is 256 g/mol. The van der Waals surface area contributed by atoms with E-state index in [1.165, 1.54) is 11.8 Å². The summed E-state index contributed by atoms with van der Waals surface area (Å²) in [6, 6.07) is -0.351. The molecule has 1 saturated heterocycles. The summed E-state index contributed by atoms with van der Waals surface area (Å²) in [5.74, 6) is 1.04. The Labute approximate surface area is 107 Å². The molecule has 0 aromatic carbocycles. The average Bonchev–Trinajstić information content (AvgIpc) is 2.44. The molecule has 2 amide bonds. The average molecular weight is 256 g/mol. The van der Waals surface area contributed by atoms with Crippen LogP contribution in [0.1, 0.15) is 26.2 Å². The van der Waals surface area contributed by atoms with Crippen LogP contribution in [0.2, 0.25) is 0 Å². The summed E-state index contributed by atoms with van der Waals surface area (Å²) < 4.78 is 0. The Balaban J connectivity index is 2.28. The smallest absolute Gasteiger partial charge is 0.242 e. The first-order chi connectivity index (χ1) is 8.09. The SMILES string of the molecule is C=C(C)CSCC(=O)N[C@@H]1CCCCNC1=O. The van der Waals surface area contributed by atoms with E-state index >= 15 is 0 Å². The Hall–Kier alpha value is -0.970. The second kappa shape index (κ2) is 7.37. The zero-order valence-electron chi connectivity index (χ0n) is 10.3. The molecule has 0 aliphatic carbocycles. The van der Waals surface area contributed by atoms with Gasteiger partial charge in [0.05, 0.1) is 5.75 Å². The number of rotatable bonds is 5. The van der Waals surface area contributed by atoms with Gasteiger partial charge in [0.25, 0.3) is 0 Å². The number of thioether (sulfide) groups is 1. The Kier molecular flexibility index (Phi) is 6.11. The van der Waals surface area contributed by atoms with Crippen molar-refractivity contribution in [2.75, 3.05) is 18.1 Å². The molecule has 1 aliphatic heterocycles. The number of hydrogen-bond acceptors (Lipinski definition) is 3. The fraction of sp³-hybridized carbons (Fsp3) is 0.667. The van der Waals surface area contributed by atoms with E-state index < -0.39 is 0 Å². The molecule has 0 aromatic rings. The molecule has 1 atom stereocenters. The van der Waals surface area contributed by atoms with Gasteiger partial charge < -0.3 is 10.6 Å². The Bertz CT molecular complexity index is 305. The standard InChI is InChI=1S/C12H20N2O2S/c1-9(2)7-17-8-11(15)14-10-5-3-4-6-13-12(10)16/h10H,1,3-8H2,2H3,(H,13,16)(H,14,15)/t10-/m1/s1. The van der Waals surface area contributed by atoms with Gasteiger partial charge in [-0.2, -0.15) is 0 Å². The van der Waals surface area contributed by atoms with Crippen molar-refractivity contribution in [1.82, 2.24) is 10.6 Å². The Morgan fingerprint density at radius 1 is 1.53 bits per heavy atom. The first kappa shape index (κ1) is 14.1. The molecule has 2 N–H and O–H groups in total. The lowest BCUT2D eigenvalue weighted by atomic mass is 10.1. The van der Waals surface area contributed by atoms with Crippen LogP contribution >= 0.6 is 11.8 Å². The van der Waals surface area contributed by atoms with Crippen molar-refractivity contribution >= 4 is 23.6 Å². The molecule has 0 spiro atoms. The molecule has 96 valence electrons. The van der Waals surface area contributed by atoms with Gasteiger partial charge >= 0.3 is 0 Å². The zero-order chi connectivity index (χ0) is 12.7. The first-order valence-corrected chi connectivity index (χ1v) is 7.04. The van der Waals surface area contributed by atoms with Gasteiger partial charge in [-0.1, -0.05) is 12.2 Å². The summed E-state index contributed by atoms with van der Waals surface area (Å²) in [5, 5.41) is 5.58. The molecule has 5 heteroatoms. The summed E-state index contributed by atoms with van der Waals surface area (Å²) >= 11 is 1.52. The highest BCUT2D eigenvalue weighted by atomic mass is 32.2. The van der Waals surface area contributed by atoms with Crippen LogP contribution in [0.15, 0.2) is 12.2 Å². The Morgan fingerprint density at radius 3 is 3.00 bits per heavy atom. The summed E-state index contributed by atoms with van der Waals surface area (Å²) in [4.78, 5) is 23.2. The normalized spacial score (nSPS) is 20.3. The third-order valence-corrected chi connectivity index (χ3v) is 3.62. The van der Waals surface area contributed by atoms with Crippen molar-refractivity contribution in [2.24, 2.45) is 0 Å². The van der Waals surface area contributed by atoms with Crippen molar-refractivity contribution in [1.29, 1.82) is 0 Å². The third kappa shape index (κ3) is 5.77. The summed E-state index contributed by atoms with van der Waals surface area (Å²) in [6.45, 7) is 6.43. The van der Waals surface area contributed by atoms with Crippen LogP contribution < -0.4 is 10.6 Å². The number of carbonyl (C=O) groups is 2. The minimum absolute atomic E-state index is 0.0549. The molecule has 0 bridgehead atoms. The predicted molar refractivity (Wildman–Crippen MR) is 70.9 cm³/mol. The molecule has 0 saturated carbocycles.